The molecule has 11 heteroatoms. The minimum atomic E-state index is -5.08. The summed E-state index contributed by atoms with van der Waals surface area (Å²) < 4.78 is 37.9. The number of carboxylic acids is 1. The molecule has 34 heavy (non-hydrogen) atoms. The number of carboxylic acid groups (broad SMARTS) is 1. The van der Waals surface area contributed by atoms with Crippen LogP contribution >= 0.6 is 0 Å². The smallest absolute Gasteiger partial charge is 0.475 e. The van der Waals surface area contributed by atoms with Crippen molar-refractivity contribution in [2.75, 3.05) is 46.3 Å². The van der Waals surface area contributed by atoms with Gasteiger partial charge in [0.2, 0.25) is 5.91 Å². The van der Waals surface area contributed by atoms with Crippen LogP contribution in [0.15, 0.2) is 24.3 Å². The summed E-state index contributed by atoms with van der Waals surface area (Å²) in [6.07, 6.45) is -3.66. The highest BCUT2D eigenvalue weighted by atomic mass is 19.4. The van der Waals surface area contributed by atoms with Crippen LogP contribution in [0.25, 0.3) is 0 Å². The Balaban J connectivity index is 0.000000406. The van der Waals surface area contributed by atoms with Gasteiger partial charge in [-0.25, -0.2) is 4.79 Å². The number of benzene rings is 1. The Bertz CT molecular complexity index is 888. The van der Waals surface area contributed by atoms with Gasteiger partial charge in [-0.15, -0.1) is 0 Å². The van der Waals surface area contributed by atoms with Gasteiger partial charge in [-0.1, -0.05) is 18.2 Å². The molecule has 3 aliphatic rings. The Morgan fingerprint density at radius 1 is 1.06 bits per heavy atom. The fraction of sp³-hybridized carbons (Fsp3) is 0.609. The van der Waals surface area contributed by atoms with E-state index in [2.05, 4.69) is 11.9 Å². The Hall–Kier alpha value is -2.66. The average molecular weight is 486 g/mol. The summed E-state index contributed by atoms with van der Waals surface area (Å²) >= 11 is 0. The van der Waals surface area contributed by atoms with Gasteiger partial charge >= 0.3 is 12.1 Å². The Morgan fingerprint density at radius 3 is 2.24 bits per heavy atom. The number of aryl methyl sites for hydroxylation is 1. The van der Waals surface area contributed by atoms with Gasteiger partial charge in [-0.2, -0.15) is 13.2 Å². The van der Waals surface area contributed by atoms with Crippen molar-refractivity contribution in [1.29, 1.82) is 0 Å². The fourth-order valence-electron chi connectivity index (χ4n) is 4.52. The second-order valence-corrected chi connectivity index (χ2v) is 9.01. The van der Waals surface area contributed by atoms with E-state index in [1.807, 2.05) is 41.0 Å². The molecule has 8 nitrogen and oxygen atoms in total. The summed E-state index contributed by atoms with van der Waals surface area (Å²) in [7, 11) is 2.09. The molecule has 3 atom stereocenters. The largest absolute Gasteiger partial charge is 0.490 e. The summed E-state index contributed by atoms with van der Waals surface area (Å²) in [6.45, 7) is 6.85. The zero-order valence-corrected chi connectivity index (χ0v) is 19.3. The number of amides is 2. The van der Waals surface area contributed by atoms with Gasteiger partial charge in [0.25, 0.3) is 5.91 Å². The first-order chi connectivity index (χ1) is 16.0. The SMILES string of the molecule is Cc1ccccc1C(=O)N1C[C@@H]2C[C@@H](CC(=O)N3CCN(C)CC3)O[C@@H]2C1.O=C(O)C(F)(F)F. The second kappa shape index (κ2) is 10.7. The van der Waals surface area contributed by atoms with E-state index in [4.69, 9.17) is 14.6 Å². The minimum absolute atomic E-state index is 0.00266. The molecule has 0 aliphatic carbocycles. The molecule has 0 saturated carbocycles. The quantitative estimate of drug-likeness (QED) is 0.705. The highest BCUT2D eigenvalue weighted by molar-refractivity contribution is 5.95. The number of aliphatic carboxylic acids is 1. The minimum Gasteiger partial charge on any atom is -0.475 e. The molecule has 2 amide bonds. The molecule has 3 fully saturated rings. The number of halogens is 3. The first-order valence-electron chi connectivity index (χ1n) is 11.2. The maximum absolute atomic E-state index is 12.8. The van der Waals surface area contributed by atoms with Crippen molar-refractivity contribution in [2.24, 2.45) is 5.92 Å². The van der Waals surface area contributed by atoms with Gasteiger partial charge in [0.1, 0.15) is 0 Å². The monoisotopic (exact) mass is 485 g/mol. The highest BCUT2D eigenvalue weighted by Gasteiger charge is 2.44. The van der Waals surface area contributed by atoms with Crippen LogP contribution in [0.2, 0.25) is 0 Å². The summed E-state index contributed by atoms with van der Waals surface area (Å²) in [5.74, 6) is -2.10. The number of ether oxygens (including phenoxy) is 1. The number of hydrogen-bond acceptors (Lipinski definition) is 5. The molecule has 3 saturated heterocycles. The molecule has 1 aromatic rings. The molecule has 0 spiro atoms. The van der Waals surface area contributed by atoms with E-state index in [1.165, 1.54) is 0 Å². The Morgan fingerprint density at radius 2 is 1.68 bits per heavy atom. The van der Waals surface area contributed by atoms with E-state index in [9.17, 15) is 22.8 Å². The van der Waals surface area contributed by atoms with Crippen molar-refractivity contribution in [1.82, 2.24) is 14.7 Å². The number of piperazine rings is 1. The number of carbonyl (C=O) groups excluding carboxylic acids is 2. The van der Waals surface area contributed by atoms with Crippen molar-refractivity contribution < 1.29 is 37.4 Å². The van der Waals surface area contributed by atoms with Crippen molar-refractivity contribution in [3.05, 3.63) is 35.4 Å². The van der Waals surface area contributed by atoms with Crippen LogP contribution in [0.3, 0.4) is 0 Å². The van der Waals surface area contributed by atoms with Gasteiger partial charge in [0.05, 0.1) is 18.6 Å². The standard InChI is InChI=1S/C21H29N3O3.C2HF3O2/c1-15-5-3-4-6-18(15)21(26)24-13-16-11-17(27-19(16)14-24)12-20(25)23-9-7-22(2)8-10-23;3-2(4,5)1(6)7/h3-6,16-17,19H,7-14H2,1-2H3;(H,6,7)/t16-,17-,19+;/m0./s1. The third kappa shape index (κ3) is 6.47. The lowest BCUT2D eigenvalue weighted by Gasteiger charge is -2.33. The van der Waals surface area contributed by atoms with E-state index < -0.39 is 12.1 Å². The fourth-order valence-corrected chi connectivity index (χ4v) is 4.52. The Labute approximate surface area is 196 Å². The van der Waals surface area contributed by atoms with E-state index >= 15 is 0 Å². The number of likely N-dealkylation sites (N-methyl/N-ethyl adjacent to an activating group) is 1. The lowest BCUT2D eigenvalue weighted by atomic mass is 10.0. The molecular weight excluding hydrogens is 455 g/mol. The van der Waals surface area contributed by atoms with Gasteiger partial charge in [0.15, 0.2) is 0 Å². The molecule has 0 bridgehead atoms. The molecule has 1 N–H and O–H groups in total. The van der Waals surface area contributed by atoms with Crippen LogP contribution in [0.1, 0.15) is 28.8 Å². The Kier molecular flexibility index (Phi) is 8.19. The number of nitrogens with zero attached hydrogens (tertiary/aromatic N) is 3. The molecule has 0 unspecified atom stereocenters. The summed E-state index contributed by atoms with van der Waals surface area (Å²) in [5, 5.41) is 7.12. The third-order valence-corrected chi connectivity index (χ3v) is 6.48. The van der Waals surface area contributed by atoms with Crippen LogP contribution < -0.4 is 0 Å². The topological polar surface area (TPSA) is 90.4 Å². The number of hydrogen-bond donors (Lipinski definition) is 1. The van der Waals surface area contributed by atoms with Gasteiger partial charge < -0.3 is 24.5 Å². The first-order valence-corrected chi connectivity index (χ1v) is 11.2. The van der Waals surface area contributed by atoms with E-state index in [-0.39, 0.29) is 24.0 Å². The summed E-state index contributed by atoms with van der Waals surface area (Å²) in [5.41, 5.74) is 1.79. The molecular formula is C23H30F3N3O5. The van der Waals surface area contributed by atoms with Crippen molar-refractivity contribution in [3.63, 3.8) is 0 Å². The zero-order chi connectivity index (χ0) is 25.0. The van der Waals surface area contributed by atoms with Crippen LogP contribution in [-0.4, -0.2) is 102 Å². The first kappa shape index (κ1) is 26.0. The van der Waals surface area contributed by atoms with Crippen LogP contribution in [0, 0.1) is 12.8 Å². The number of likely N-dealkylation sites (tertiary alicyclic amines) is 1. The van der Waals surface area contributed by atoms with Gasteiger partial charge in [-0.3, -0.25) is 9.59 Å². The second-order valence-electron chi connectivity index (χ2n) is 9.01. The molecule has 4 rings (SSSR count). The molecule has 3 aliphatic heterocycles. The number of alkyl halides is 3. The van der Waals surface area contributed by atoms with E-state index in [0.717, 1.165) is 50.3 Å². The predicted molar refractivity (Wildman–Crippen MR) is 116 cm³/mol. The maximum Gasteiger partial charge on any atom is 0.490 e. The van der Waals surface area contributed by atoms with Crippen LogP contribution in [0.4, 0.5) is 13.2 Å². The number of rotatable bonds is 3. The molecule has 188 valence electrons. The van der Waals surface area contributed by atoms with Crippen LogP contribution in [-0.2, 0) is 14.3 Å². The molecule has 3 heterocycles. The summed E-state index contributed by atoms with van der Waals surface area (Å²) in [6, 6.07) is 7.73. The molecule has 0 aromatic heterocycles. The van der Waals surface area contributed by atoms with Gasteiger partial charge in [0, 0.05) is 50.7 Å². The average Bonchev–Trinajstić information content (AvgIpc) is 3.32. The van der Waals surface area contributed by atoms with Gasteiger partial charge in [-0.05, 0) is 32.0 Å². The maximum atomic E-state index is 12.8. The van der Waals surface area contributed by atoms with Crippen molar-refractivity contribution in [2.45, 2.75) is 38.1 Å². The van der Waals surface area contributed by atoms with Crippen molar-refractivity contribution >= 4 is 17.8 Å². The summed E-state index contributed by atoms with van der Waals surface area (Å²) in [4.78, 5) is 40.4. The lowest BCUT2D eigenvalue weighted by molar-refractivity contribution is -0.192. The normalized spacial score (nSPS) is 24.9. The molecule has 1 aromatic carbocycles. The van der Waals surface area contributed by atoms with E-state index in [1.54, 1.807) is 0 Å². The zero-order valence-electron chi connectivity index (χ0n) is 19.3. The highest BCUT2D eigenvalue weighted by Crippen LogP contribution is 2.35. The van der Waals surface area contributed by atoms with Crippen LogP contribution in [0.5, 0.6) is 0 Å². The van der Waals surface area contributed by atoms with E-state index in [0.29, 0.717) is 18.9 Å². The lowest BCUT2D eigenvalue weighted by Crippen LogP contribution is -2.47. The van der Waals surface area contributed by atoms with Crippen molar-refractivity contribution in [3.8, 4) is 0 Å². The number of fused-ring (bicyclic) bond motifs is 1. The predicted octanol–water partition coefficient (Wildman–Crippen LogP) is 2.02. The third-order valence-electron chi connectivity index (χ3n) is 6.48. The molecule has 0 radical (unpaired) electrons. The number of carbonyl (C=O) groups is 3.